The van der Waals surface area contributed by atoms with Crippen LogP contribution in [0.1, 0.15) is 77.6 Å². The number of aryl methyl sites for hydroxylation is 4. The van der Waals surface area contributed by atoms with Gasteiger partial charge in [0.15, 0.2) is 0 Å². The number of aromatic amines is 1. The first-order valence-electron chi connectivity index (χ1n) is 15.1. The van der Waals surface area contributed by atoms with Gasteiger partial charge in [-0.3, -0.25) is 0 Å². The van der Waals surface area contributed by atoms with Crippen molar-refractivity contribution >= 4 is 28.2 Å². The van der Waals surface area contributed by atoms with Crippen molar-refractivity contribution in [2.24, 2.45) is 0 Å². The lowest BCUT2D eigenvalue weighted by atomic mass is 9.77. The minimum absolute atomic E-state index is 0.00773. The van der Waals surface area contributed by atoms with E-state index in [-0.39, 0.29) is 5.41 Å². The van der Waals surface area contributed by atoms with Crippen LogP contribution < -0.4 is 5.32 Å². The number of aromatic nitrogens is 1. The molecule has 6 rings (SSSR count). The SMILES string of the molecule is CN/C=C\c1c(C)oc2c(C3=C(Cc4ccc(-c5ccccc5)cc4C(C)(C)C)c4[nH]ccc4CC3)c(C)cc(C)c12. The molecule has 1 aliphatic carbocycles. The molecular formula is C39H42N2O. The Hall–Kier alpha value is -4.24. The number of hydrogen-bond donors (Lipinski definition) is 2. The molecular weight excluding hydrogens is 512 g/mol. The highest BCUT2D eigenvalue weighted by Crippen LogP contribution is 2.45. The number of hydrogen-bond acceptors (Lipinski definition) is 2. The lowest BCUT2D eigenvalue weighted by Gasteiger charge is -2.27. The fraction of sp³-hybridized carbons (Fsp3) is 0.282. The van der Waals surface area contributed by atoms with Gasteiger partial charge in [0.05, 0.1) is 0 Å². The molecule has 2 heterocycles. The quantitative estimate of drug-likeness (QED) is 0.219. The molecule has 214 valence electrons. The Balaban J connectivity index is 1.57. The lowest BCUT2D eigenvalue weighted by Crippen LogP contribution is -2.16. The molecule has 3 nitrogen and oxygen atoms in total. The van der Waals surface area contributed by atoms with Crippen molar-refractivity contribution in [3.05, 3.63) is 123 Å². The van der Waals surface area contributed by atoms with E-state index in [1.807, 2.05) is 13.2 Å². The summed E-state index contributed by atoms with van der Waals surface area (Å²) in [6.07, 6.45) is 9.11. The highest BCUT2D eigenvalue weighted by atomic mass is 16.3. The molecule has 3 aromatic carbocycles. The molecule has 0 bridgehead atoms. The largest absolute Gasteiger partial charge is 0.460 e. The maximum absolute atomic E-state index is 6.63. The molecule has 1 aliphatic rings. The molecule has 2 aromatic heterocycles. The van der Waals surface area contributed by atoms with Gasteiger partial charge in [-0.2, -0.15) is 0 Å². The Morgan fingerprint density at radius 1 is 0.905 bits per heavy atom. The predicted molar refractivity (Wildman–Crippen MR) is 179 cm³/mol. The van der Waals surface area contributed by atoms with Gasteiger partial charge in [0.1, 0.15) is 11.3 Å². The lowest BCUT2D eigenvalue weighted by molar-refractivity contribution is 0.576. The summed E-state index contributed by atoms with van der Waals surface area (Å²) in [5.74, 6) is 0.955. The first-order valence-corrected chi connectivity index (χ1v) is 15.1. The highest BCUT2D eigenvalue weighted by molar-refractivity contribution is 6.05. The third-order valence-electron chi connectivity index (χ3n) is 8.83. The number of fused-ring (bicyclic) bond motifs is 2. The summed E-state index contributed by atoms with van der Waals surface area (Å²) < 4.78 is 6.63. The Morgan fingerprint density at radius 3 is 2.43 bits per heavy atom. The molecule has 0 saturated carbocycles. The summed E-state index contributed by atoms with van der Waals surface area (Å²) in [6, 6.07) is 22.4. The monoisotopic (exact) mass is 554 g/mol. The average molecular weight is 555 g/mol. The van der Waals surface area contributed by atoms with Crippen LogP contribution in [0.3, 0.4) is 0 Å². The second kappa shape index (κ2) is 10.9. The molecule has 0 amide bonds. The normalized spacial score (nSPS) is 13.8. The van der Waals surface area contributed by atoms with Gasteiger partial charge < -0.3 is 14.7 Å². The van der Waals surface area contributed by atoms with Crippen LogP contribution in [0.2, 0.25) is 0 Å². The van der Waals surface area contributed by atoms with Crippen LogP contribution in [0.25, 0.3) is 39.3 Å². The number of furan rings is 1. The van der Waals surface area contributed by atoms with E-state index in [1.165, 1.54) is 66.7 Å². The Kier molecular flexibility index (Phi) is 7.22. The minimum atomic E-state index is 0.00773. The number of nitrogens with one attached hydrogen (secondary N) is 2. The van der Waals surface area contributed by atoms with Crippen molar-refractivity contribution in [3.8, 4) is 11.1 Å². The van der Waals surface area contributed by atoms with Gasteiger partial charge in [-0.25, -0.2) is 0 Å². The molecule has 0 fully saturated rings. The predicted octanol–water partition coefficient (Wildman–Crippen LogP) is 9.94. The fourth-order valence-corrected chi connectivity index (χ4v) is 6.87. The molecule has 0 spiro atoms. The summed E-state index contributed by atoms with van der Waals surface area (Å²) in [7, 11) is 1.93. The van der Waals surface area contributed by atoms with Crippen molar-refractivity contribution in [1.29, 1.82) is 0 Å². The number of allylic oxidation sites excluding steroid dienone is 2. The molecule has 2 N–H and O–H groups in total. The smallest absolute Gasteiger partial charge is 0.142 e. The fourth-order valence-electron chi connectivity index (χ4n) is 6.87. The van der Waals surface area contributed by atoms with Crippen LogP contribution in [0, 0.1) is 20.8 Å². The van der Waals surface area contributed by atoms with Gasteiger partial charge in [-0.15, -0.1) is 0 Å². The van der Waals surface area contributed by atoms with E-state index in [4.69, 9.17) is 4.42 Å². The molecule has 5 aromatic rings. The average Bonchev–Trinajstić information content (AvgIpc) is 3.57. The number of H-pyrrole nitrogens is 1. The van der Waals surface area contributed by atoms with E-state index >= 15 is 0 Å². The van der Waals surface area contributed by atoms with Crippen molar-refractivity contribution in [1.82, 2.24) is 10.3 Å². The molecule has 0 atom stereocenters. The standard InChI is InChI=1S/C39H42N2O/c1-24-21-25(2)36(38-35(24)31(18-19-40-7)26(3)42-38)32-16-15-28-17-20-41-37(28)33(32)22-30-14-13-29(23-34(30)39(4,5)6)27-11-9-8-10-12-27/h8-14,17-21,23,40-41H,15-16,22H2,1-7H3/b19-18-. The van der Waals surface area contributed by atoms with Crippen LogP contribution in [0.4, 0.5) is 0 Å². The zero-order valence-corrected chi connectivity index (χ0v) is 26.0. The van der Waals surface area contributed by atoms with Crippen molar-refractivity contribution in [2.45, 2.75) is 66.2 Å². The minimum Gasteiger partial charge on any atom is -0.460 e. The van der Waals surface area contributed by atoms with Gasteiger partial charge in [0.25, 0.3) is 0 Å². The summed E-state index contributed by atoms with van der Waals surface area (Å²) in [5.41, 5.74) is 16.7. The third kappa shape index (κ3) is 4.91. The summed E-state index contributed by atoms with van der Waals surface area (Å²) in [4.78, 5) is 3.64. The van der Waals surface area contributed by atoms with E-state index in [1.54, 1.807) is 0 Å². The molecule has 0 saturated heterocycles. The van der Waals surface area contributed by atoms with Crippen LogP contribution >= 0.6 is 0 Å². The van der Waals surface area contributed by atoms with E-state index < -0.39 is 0 Å². The van der Waals surface area contributed by atoms with Gasteiger partial charge >= 0.3 is 0 Å². The number of benzene rings is 3. The second-order valence-corrected chi connectivity index (χ2v) is 12.8. The van der Waals surface area contributed by atoms with Crippen molar-refractivity contribution < 1.29 is 4.42 Å². The summed E-state index contributed by atoms with van der Waals surface area (Å²) in [5, 5.41) is 4.36. The van der Waals surface area contributed by atoms with Gasteiger partial charge in [0, 0.05) is 41.9 Å². The second-order valence-electron chi connectivity index (χ2n) is 12.8. The van der Waals surface area contributed by atoms with E-state index in [0.29, 0.717) is 0 Å². The Labute approximate surface area is 250 Å². The Morgan fingerprint density at radius 2 is 1.69 bits per heavy atom. The van der Waals surface area contributed by atoms with Gasteiger partial charge in [-0.05, 0) is 107 Å². The highest BCUT2D eigenvalue weighted by Gasteiger charge is 2.28. The zero-order valence-electron chi connectivity index (χ0n) is 26.0. The Bertz CT molecular complexity index is 1840. The molecule has 0 unspecified atom stereocenters. The maximum Gasteiger partial charge on any atom is 0.142 e. The number of rotatable bonds is 6. The topological polar surface area (TPSA) is 41.0 Å². The van der Waals surface area contributed by atoms with Crippen molar-refractivity contribution in [3.63, 3.8) is 0 Å². The van der Waals surface area contributed by atoms with Crippen LogP contribution in [-0.4, -0.2) is 12.0 Å². The molecule has 0 radical (unpaired) electrons. The van der Waals surface area contributed by atoms with E-state index in [0.717, 1.165) is 36.2 Å². The van der Waals surface area contributed by atoms with Crippen LogP contribution in [0.5, 0.6) is 0 Å². The summed E-state index contributed by atoms with van der Waals surface area (Å²) >= 11 is 0. The van der Waals surface area contributed by atoms with Crippen molar-refractivity contribution in [2.75, 3.05) is 7.05 Å². The third-order valence-corrected chi connectivity index (χ3v) is 8.83. The first kappa shape index (κ1) is 27.9. The molecule has 42 heavy (non-hydrogen) atoms. The van der Waals surface area contributed by atoms with Gasteiger partial charge in [0.2, 0.25) is 0 Å². The van der Waals surface area contributed by atoms with Crippen LogP contribution in [-0.2, 0) is 18.3 Å². The van der Waals surface area contributed by atoms with E-state index in [9.17, 15) is 0 Å². The van der Waals surface area contributed by atoms with Gasteiger partial charge in [-0.1, -0.05) is 75.4 Å². The van der Waals surface area contributed by atoms with Crippen LogP contribution in [0.15, 0.2) is 77.5 Å². The zero-order chi connectivity index (χ0) is 29.6. The maximum atomic E-state index is 6.63. The molecule has 0 aliphatic heterocycles. The van der Waals surface area contributed by atoms with E-state index in [2.05, 4.69) is 125 Å². The summed E-state index contributed by atoms with van der Waals surface area (Å²) in [6.45, 7) is 13.5. The first-order chi connectivity index (χ1) is 20.2. The molecule has 3 heteroatoms.